The average Bonchev–Trinajstić information content (AvgIpc) is 3.00. The Morgan fingerprint density at radius 2 is 2.10 bits per heavy atom. The van der Waals surface area contributed by atoms with Crippen LogP contribution in [0.2, 0.25) is 0 Å². The average molecular weight is 294 g/mol. The summed E-state index contributed by atoms with van der Waals surface area (Å²) in [5.74, 6) is -0.0517. The normalized spacial score (nSPS) is 21.8. The van der Waals surface area contributed by atoms with Crippen LogP contribution >= 0.6 is 0 Å². The molecule has 2 amide bonds. The van der Waals surface area contributed by atoms with Crippen molar-refractivity contribution in [2.75, 3.05) is 13.1 Å². The van der Waals surface area contributed by atoms with E-state index in [9.17, 15) is 14.7 Å². The van der Waals surface area contributed by atoms with Crippen molar-refractivity contribution in [3.8, 4) is 0 Å². The molecule has 116 valence electrons. The monoisotopic (exact) mass is 294 g/mol. The predicted octanol–water partition coefficient (Wildman–Crippen LogP) is 1.07. The molecule has 1 aromatic heterocycles. The van der Waals surface area contributed by atoms with Crippen LogP contribution in [0.4, 0.5) is 0 Å². The summed E-state index contributed by atoms with van der Waals surface area (Å²) in [6.07, 6.45) is 5.28. The molecule has 2 unspecified atom stereocenters. The largest absolute Gasteiger partial charge is 0.459 e. The topological polar surface area (TPSA) is 91.6 Å². The lowest BCUT2D eigenvalue weighted by molar-refractivity contribution is -0.121. The Hall–Kier alpha value is -1.82. The van der Waals surface area contributed by atoms with Gasteiger partial charge in [-0.2, -0.15) is 0 Å². The van der Waals surface area contributed by atoms with Crippen molar-refractivity contribution in [3.05, 3.63) is 24.2 Å². The molecule has 3 N–H and O–H groups in total. The third kappa shape index (κ3) is 4.90. The zero-order valence-electron chi connectivity index (χ0n) is 12.0. The molecule has 0 bridgehead atoms. The number of hydrogen-bond acceptors (Lipinski definition) is 4. The van der Waals surface area contributed by atoms with Gasteiger partial charge >= 0.3 is 0 Å². The standard InChI is InChI=1S/C15H22N2O4/c18-12-5-2-1-4-11(12)10-17-14(19)7-8-16-15(20)13-6-3-9-21-13/h3,6,9,11-12,18H,1-2,4-5,7-8,10H2,(H,16,20)(H,17,19). The van der Waals surface area contributed by atoms with Gasteiger partial charge < -0.3 is 20.2 Å². The first kappa shape index (κ1) is 15.6. The van der Waals surface area contributed by atoms with Crippen LogP contribution in [0.1, 0.15) is 42.7 Å². The Morgan fingerprint density at radius 1 is 1.29 bits per heavy atom. The number of rotatable bonds is 6. The first-order valence-electron chi connectivity index (χ1n) is 7.43. The molecule has 0 radical (unpaired) electrons. The molecule has 1 heterocycles. The van der Waals surface area contributed by atoms with E-state index < -0.39 is 0 Å². The molecule has 1 aromatic rings. The van der Waals surface area contributed by atoms with Crippen LogP contribution in [0.5, 0.6) is 0 Å². The number of nitrogens with one attached hydrogen (secondary N) is 2. The summed E-state index contributed by atoms with van der Waals surface area (Å²) < 4.78 is 4.95. The van der Waals surface area contributed by atoms with Crippen molar-refractivity contribution in [1.82, 2.24) is 10.6 Å². The van der Waals surface area contributed by atoms with Gasteiger partial charge in [0.05, 0.1) is 12.4 Å². The molecule has 1 saturated carbocycles. The third-order valence-electron chi connectivity index (χ3n) is 3.81. The van der Waals surface area contributed by atoms with E-state index in [-0.39, 0.29) is 42.6 Å². The molecule has 1 aliphatic carbocycles. The highest BCUT2D eigenvalue weighted by molar-refractivity contribution is 5.91. The maximum absolute atomic E-state index is 11.7. The van der Waals surface area contributed by atoms with E-state index in [2.05, 4.69) is 10.6 Å². The molecule has 0 aromatic carbocycles. The highest BCUT2D eigenvalue weighted by Gasteiger charge is 2.23. The second-order valence-electron chi connectivity index (χ2n) is 5.40. The van der Waals surface area contributed by atoms with E-state index in [1.807, 2.05) is 0 Å². The second kappa shape index (κ2) is 7.83. The van der Waals surface area contributed by atoms with Crippen molar-refractivity contribution in [1.29, 1.82) is 0 Å². The molecule has 6 nitrogen and oxygen atoms in total. The van der Waals surface area contributed by atoms with Crippen LogP contribution in [0.3, 0.4) is 0 Å². The van der Waals surface area contributed by atoms with Gasteiger partial charge in [0.1, 0.15) is 0 Å². The van der Waals surface area contributed by atoms with Crippen LogP contribution < -0.4 is 10.6 Å². The summed E-state index contributed by atoms with van der Waals surface area (Å²) in [6.45, 7) is 0.769. The zero-order valence-corrected chi connectivity index (χ0v) is 12.0. The van der Waals surface area contributed by atoms with Crippen LogP contribution in [0.15, 0.2) is 22.8 Å². The van der Waals surface area contributed by atoms with E-state index in [4.69, 9.17) is 4.42 Å². The first-order valence-corrected chi connectivity index (χ1v) is 7.43. The number of aliphatic hydroxyl groups excluding tert-OH is 1. The van der Waals surface area contributed by atoms with Crippen molar-refractivity contribution in [2.45, 2.75) is 38.2 Å². The minimum atomic E-state index is -0.324. The minimum Gasteiger partial charge on any atom is -0.459 e. The number of aliphatic hydroxyl groups is 1. The summed E-state index contributed by atoms with van der Waals surface area (Å²) in [4.78, 5) is 23.3. The molecular weight excluding hydrogens is 272 g/mol. The molecule has 0 aliphatic heterocycles. The highest BCUT2D eigenvalue weighted by atomic mass is 16.3. The van der Waals surface area contributed by atoms with Gasteiger partial charge in [-0.3, -0.25) is 9.59 Å². The summed E-state index contributed by atoms with van der Waals surface area (Å²) in [5.41, 5.74) is 0. The van der Waals surface area contributed by atoms with Gasteiger partial charge in [-0.25, -0.2) is 0 Å². The Balaban J connectivity index is 1.60. The number of carbonyl (C=O) groups is 2. The van der Waals surface area contributed by atoms with Gasteiger partial charge in [-0.1, -0.05) is 12.8 Å². The molecular formula is C15H22N2O4. The minimum absolute atomic E-state index is 0.118. The Morgan fingerprint density at radius 3 is 2.81 bits per heavy atom. The zero-order chi connectivity index (χ0) is 15.1. The van der Waals surface area contributed by atoms with E-state index in [1.54, 1.807) is 12.1 Å². The number of hydrogen-bond donors (Lipinski definition) is 3. The molecule has 21 heavy (non-hydrogen) atoms. The summed E-state index contributed by atoms with van der Waals surface area (Å²) in [7, 11) is 0. The predicted molar refractivity (Wildman–Crippen MR) is 76.6 cm³/mol. The third-order valence-corrected chi connectivity index (χ3v) is 3.81. The van der Waals surface area contributed by atoms with E-state index in [0.717, 1.165) is 25.7 Å². The molecule has 0 spiro atoms. The molecule has 6 heteroatoms. The summed E-state index contributed by atoms with van der Waals surface area (Å²) in [6, 6.07) is 3.21. The SMILES string of the molecule is O=C(CCNC(=O)c1ccco1)NCC1CCCCC1O. The van der Waals surface area contributed by atoms with Crippen LogP contribution in [0.25, 0.3) is 0 Å². The molecule has 1 fully saturated rings. The maximum Gasteiger partial charge on any atom is 0.286 e. The second-order valence-corrected chi connectivity index (χ2v) is 5.40. The quantitative estimate of drug-likeness (QED) is 0.732. The smallest absolute Gasteiger partial charge is 0.286 e. The van der Waals surface area contributed by atoms with Gasteiger partial charge in [0.2, 0.25) is 5.91 Å². The van der Waals surface area contributed by atoms with Gasteiger partial charge in [-0.05, 0) is 25.0 Å². The highest BCUT2D eigenvalue weighted by Crippen LogP contribution is 2.23. The lowest BCUT2D eigenvalue weighted by Gasteiger charge is -2.27. The summed E-state index contributed by atoms with van der Waals surface area (Å²) >= 11 is 0. The fourth-order valence-corrected chi connectivity index (χ4v) is 2.54. The Bertz CT molecular complexity index is 458. The lowest BCUT2D eigenvalue weighted by Crippen LogP contribution is -2.38. The molecule has 2 atom stereocenters. The van der Waals surface area contributed by atoms with Crippen molar-refractivity contribution < 1.29 is 19.1 Å². The van der Waals surface area contributed by atoms with Crippen LogP contribution in [-0.4, -0.2) is 36.1 Å². The van der Waals surface area contributed by atoms with Crippen molar-refractivity contribution >= 4 is 11.8 Å². The lowest BCUT2D eigenvalue weighted by atomic mass is 9.86. The van der Waals surface area contributed by atoms with E-state index in [1.165, 1.54) is 6.26 Å². The fourth-order valence-electron chi connectivity index (χ4n) is 2.54. The number of amides is 2. The maximum atomic E-state index is 11.7. The molecule has 2 rings (SSSR count). The van der Waals surface area contributed by atoms with Crippen LogP contribution in [0, 0.1) is 5.92 Å². The van der Waals surface area contributed by atoms with Gasteiger partial charge in [0.25, 0.3) is 5.91 Å². The van der Waals surface area contributed by atoms with Crippen LogP contribution in [-0.2, 0) is 4.79 Å². The number of furan rings is 1. The Kier molecular flexibility index (Phi) is 5.80. The van der Waals surface area contributed by atoms with Gasteiger partial charge in [0, 0.05) is 25.4 Å². The van der Waals surface area contributed by atoms with Crippen molar-refractivity contribution in [3.63, 3.8) is 0 Å². The molecule has 0 saturated heterocycles. The van der Waals surface area contributed by atoms with E-state index in [0.29, 0.717) is 6.54 Å². The van der Waals surface area contributed by atoms with Gasteiger partial charge in [-0.15, -0.1) is 0 Å². The first-order chi connectivity index (χ1) is 10.2. The van der Waals surface area contributed by atoms with Crippen molar-refractivity contribution in [2.24, 2.45) is 5.92 Å². The molecule has 1 aliphatic rings. The number of carbonyl (C=O) groups excluding carboxylic acids is 2. The van der Waals surface area contributed by atoms with Gasteiger partial charge in [0.15, 0.2) is 5.76 Å². The fraction of sp³-hybridized carbons (Fsp3) is 0.600. The van der Waals surface area contributed by atoms with E-state index >= 15 is 0 Å². The summed E-state index contributed by atoms with van der Waals surface area (Å²) in [5, 5.41) is 15.3. The Labute approximate surface area is 123 Å².